The Hall–Kier alpha value is -1.14. The Kier molecular flexibility index (Phi) is 3.94. The fourth-order valence-electron chi connectivity index (χ4n) is 3.44. The average Bonchev–Trinajstić information content (AvgIpc) is 2.87. The van der Waals surface area contributed by atoms with Gasteiger partial charge in [0.2, 0.25) is 0 Å². The third-order valence-corrected chi connectivity index (χ3v) is 5.47. The number of fused-ring (bicyclic) bond motifs is 2. The number of anilines is 1. The minimum atomic E-state index is -0.309. The van der Waals surface area contributed by atoms with Crippen molar-refractivity contribution in [3.8, 4) is 0 Å². The summed E-state index contributed by atoms with van der Waals surface area (Å²) in [7, 11) is 3.65. The van der Waals surface area contributed by atoms with Crippen LogP contribution in [0, 0.1) is 0 Å². The van der Waals surface area contributed by atoms with Gasteiger partial charge < -0.3 is 15.0 Å². The highest BCUT2D eigenvalue weighted by molar-refractivity contribution is 7.17. The topological polar surface area (TPSA) is 54.5 Å². The van der Waals surface area contributed by atoms with Crippen molar-refractivity contribution < 1.29 is 9.53 Å². The minimum Gasteiger partial charge on any atom is -0.465 e. The SMILES string of the molecule is COC(=O)c1cnc(NC2CC3CCCC(C2)N3C)s1. The number of nitrogens with one attached hydrogen (secondary N) is 1. The highest BCUT2D eigenvalue weighted by Crippen LogP contribution is 2.34. The Morgan fingerprint density at radius 2 is 2.15 bits per heavy atom. The van der Waals surface area contributed by atoms with E-state index in [1.165, 1.54) is 50.6 Å². The number of nitrogens with zero attached hydrogens (tertiary/aromatic N) is 2. The summed E-state index contributed by atoms with van der Waals surface area (Å²) in [6.45, 7) is 0. The number of carbonyl (C=O) groups is 1. The van der Waals surface area contributed by atoms with Gasteiger partial charge >= 0.3 is 5.97 Å². The van der Waals surface area contributed by atoms with Crippen molar-refractivity contribution in [2.45, 2.75) is 50.2 Å². The number of carbonyl (C=O) groups excluding carboxylic acids is 1. The number of methoxy groups -OCH3 is 1. The van der Waals surface area contributed by atoms with Gasteiger partial charge in [-0.2, -0.15) is 0 Å². The van der Waals surface area contributed by atoms with E-state index in [1.807, 2.05) is 0 Å². The molecular formula is C14H21N3O2S. The second kappa shape index (κ2) is 5.69. The van der Waals surface area contributed by atoms with Gasteiger partial charge in [-0.1, -0.05) is 17.8 Å². The van der Waals surface area contributed by atoms with Crippen LogP contribution in [-0.2, 0) is 4.74 Å². The van der Waals surface area contributed by atoms with Gasteiger partial charge in [0.05, 0.1) is 13.3 Å². The average molecular weight is 295 g/mol. The van der Waals surface area contributed by atoms with E-state index in [4.69, 9.17) is 4.74 Å². The Labute approximate surface area is 123 Å². The molecule has 2 atom stereocenters. The van der Waals surface area contributed by atoms with Crippen LogP contribution in [0.3, 0.4) is 0 Å². The fourth-order valence-corrected chi connectivity index (χ4v) is 4.26. The lowest BCUT2D eigenvalue weighted by Gasteiger charge is -2.47. The van der Waals surface area contributed by atoms with E-state index in [0.29, 0.717) is 23.0 Å². The van der Waals surface area contributed by atoms with Crippen molar-refractivity contribution in [3.05, 3.63) is 11.1 Å². The summed E-state index contributed by atoms with van der Waals surface area (Å²) in [6, 6.07) is 1.86. The summed E-state index contributed by atoms with van der Waals surface area (Å²) < 4.78 is 4.71. The first-order chi connectivity index (χ1) is 9.67. The van der Waals surface area contributed by atoms with Crippen LogP contribution in [0.2, 0.25) is 0 Å². The normalized spacial score (nSPS) is 30.0. The van der Waals surface area contributed by atoms with Crippen LogP contribution in [0.25, 0.3) is 0 Å². The van der Waals surface area contributed by atoms with Crippen LogP contribution < -0.4 is 5.32 Å². The molecule has 110 valence electrons. The molecular weight excluding hydrogens is 274 g/mol. The van der Waals surface area contributed by atoms with E-state index in [-0.39, 0.29) is 5.97 Å². The van der Waals surface area contributed by atoms with Gasteiger partial charge in [-0.25, -0.2) is 9.78 Å². The van der Waals surface area contributed by atoms with Gasteiger partial charge in [-0.3, -0.25) is 0 Å². The number of esters is 1. The quantitative estimate of drug-likeness (QED) is 0.868. The first-order valence-electron chi connectivity index (χ1n) is 7.20. The number of hydrogen-bond donors (Lipinski definition) is 1. The Morgan fingerprint density at radius 3 is 2.80 bits per heavy atom. The second-order valence-electron chi connectivity index (χ2n) is 5.74. The molecule has 2 aliphatic rings. The predicted octanol–water partition coefficient (Wildman–Crippen LogP) is 2.36. The second-order valence-corrected chi connectivity index (χ2v) is 6.77. The largest absolute Gasteiger partial charge is 0.465 e. The third kappa shape index (κ3) is 2.67. The molecule has 0 amide bonds. The summed E-state index contributed by atoms with van der Waals surface area (Å²) in [5.41, 5.74) is 0. The van der Waals surface area contributed by atoms with Crippen LogP contribution in [-0.4, -0.2) is 48.1 Å². The van der Waals surface area contributed by atoms with Crippen molar-refractivity contribution >= 4 is 22.4 Å². The number of aromatic nitrogens is 1. The van der Waals surface area contributed by atoms with Gasteiger partial charge in [0.15, 0.2) is 5.13 Å². The van der Waals surface area contributed by atoms with Crippen LogP contribution in [0.1, 0.15) is 41.8 Å². The molecule has 0 aliphatic carbocycles. The molecule has 2 saturated heterocycles. The maximum absolute atomic E-state index is 11.4. The minimum absolute atomic E-state index is 0.309. The molecule has 2 unspecified atom stereocenters. The number of piperidine rings is 2. The van der Waals surface area contributed by atoms with E-state index < -0.39 is 0 Å². The highest BCUT2D eigenvalue weighted by atomic mass is 32.1. The first-order valence-corrected chi connectivity index (χ1v) is 8.01. The molecule has 0 radical (unpaired) electrons. The molecule has 2 bridgehead atoms. The van der Waals surface area contributed by atoms with Crippen molar-refractivity contribution in [1.29, 1.82) is 0 Å². The molecule has 1 N–H and O–H groups in total. The maximum Gasteiger partial charge on any atom is 0.349 e. The highest BCUT2D eigenvalue weighted by Gasteiger charge is 2.36. The van der Waals surface area contributed by atoms with Gasteiger partial charge in [-0.05, 0) is 32.7 Å². The summed E-state index contributed by atoms with van der Waals surface area (Å²) >= 11 is 1.38. The molecule has 0 spiro atoms. The molecule has 20 heavy (non-hydrogen) atoms. The number of hydrogen-bond acceptors (Lipinski definition) is 6. The van der Waals surface area contributed by atoms with Crippen molar-refractivity contribution in [3.63, 3.8) is 0 Å². The molecule has 3 heterocycles. The van der Waals surface area contributed by atoms with Crippen molar-refractivity contribution in [2.75, 3.05) is 19.5 Å². The molecule has 1 aromatic rings. The lowest BCUT2D eigenvalue weighted by molar-refractivity contribution is 0.0605. The van der Waals surface area contributed by atoms with Crippen LogP contribution >= 0.6 is 11.3 Å². The van der Waals surface area contributed by atoms with E-state index in [9.17, 15) is 4.79 Å². The zero-order valence-corrected chi connectivity index (χ0v) is 12.8. The Balaban J connectivity index is 1.63. The van der Waals surface area contributed by atoms with Crippen LogP contribution in [0.5, 0.6) is 0 Å². The summed E-state index contributed by atoms with van der Waals surface area (Å²) in [4.78, 5) is 18.8. The zero-order valence-electron chi connectivity index (χ0n) is 12.0. The standard InChI is InChI=1S/C14H21N3O2S/c1-17-10-4-3-5-11(17)7-9(6-10)16-14-15-8-12(20-14)13(18)19-2/h8-11H,3-7H2,1-2H3,(H,15,16). The smallest absolute Gasteiger partial charge is 0.349 e. The van der Waals surface area contributed by atoms with Crippen LogP contribution in [0.15, 0.2) is 6.20 Å². The van der Waals surface area contributed by atoms with Gasteiger partial charge in [0.1, 0.15) is 4.88 Å². The van der Waals surface area contributed by atoms with E-state index in [1.54, 1.807) is 6.20 Å². The number of rotatable bonds is 3. The van der Waals surface area contributed by atoms with E-state index >= 15 is 0 Å². The summed E-state index contributed by atoms with van der Waals surface area (Å²) in [5, 5.41) is 4.33. The molecule has 1 aromatic heterocycles. The van der Waals surface area contributed by atoms with E-state index in [2.05, 4.69) is 22.2 Å². The number of ether oxygens (including phenoxy) is 1. The molecule has 2 aliphatic heterocycles. The molecule has 0 saturated carbocycles. The van der Waals surface area contributed by atoms with Gasteiger partial charge in [0, 0.05) is 18.1 Å². The number of thiazole rings is 1. The van der Waals surface area contributed by atoms with Crippen molar-refractivity contribution in [1.82, 2.24) is 9.88 Å². The molecule has 0 aromatic carbocycles. The van der Waals surface area contributed by atoms with Crippen molar-refractivity contribution in [2.24, 2.45) is 0 Å². The Bertz CT molecular complexity index is 477. The third-order valence-electron chi connectivity index (χ3n) is 4.56. The van der Waals surface area contributed by atoms with Gasteiger partial charge in [0.25, 0.3) is 0 Å². The monoisotopic (exact) mass is 295 g/mol. The lowest BCUT2D eigenvalue weighted by Crippen LogP contribution is -2.52. The van der Waals surface area contributed by atoms with E-state index in [0.717, 1.165) is 5.13 Å². The zero-order chi connectivity index (χ0) is 14.1. The fraction of sp³-hybridized carbons (Fsp3) is 0.714. The molecule has 3 rings (SSSR count). The predicted molar refractivity (Wildman–Crippen MR) is 79.3 cm³/mol. The van der Waals surface area contributed by atoms with Gasteiger partial charge in [-0.15, -0.1) is 0 Å². The molecule has 5 nitrogen and oxygen atoms in total. The molecule has 6 heteroatoms. The summed E-state index contributed by atoms with van der Waals surface area (Å²) in [6.07, 6.45) is 7.89. The Morgan fingerprint density at radius 1 is 1.45 bits per heavy atom. The summed E-state index contributed by atoms with van der Waals surface area (Å²) in [5.74, 6) is -0.309. The maximum atomic E-state index is 11.4. The lowest BCUT2D eigenvalue weighted by atomic mass is 9.82. The first kappa shape index (κ1) is 13.8. The van der Waals surface area contributed by atoms with Crippen LogP contribution in [0.4, 0.5) is 5.13 Å². The molecule has 2 fully saturated rings.